The average Bonchev–Trinajstić information content (AvgIpc) is 2.20. The van der Waals surface area contributed by atoms with Gasteiger partial charge in [-0.25, -0.2) is 8.78 Å². The van der Waals surface area contributed by atoms with Crippen LogP contribution in [0.15, 0.2) is 0 Å². The lowest BCUT2D eigenvalue weighted by Gasteiger charge is -2.39. The van der Waals surface area contributed by atoms with Crippen LogP contribution in [0.3, 0.4) is 0 Å². The van der Waals surface area contributed by atoms with E-state index in [1.165, 1.54) is 0 Å². The van der Waals surface area contributed by atoms with E-state index < -0.39 is 19.7 Å². The van der Waals surface area contributed by atoms with Crippen LogP contribution in [0.1, 0.15) is 20.8 Å². The molecule has 6 heteroatoms. The molecule has 1 nitrogen and oxygen atoms in total. The molecule has 0 aliphatic carbocycles. The van der Waals surface area contributed by atoms with Crippen molar-refractivity contribution in [2.75, 3.05) is 7.11 Å². The second-order valence-electron chi connectivity index (χ2n) is 3.64. The molecular formula is C9H18F4OSi. The molecule has 0 aliphatic rings. The molecule has 0 radical (unpaired) electrons. The number of rotatable bonds is 6. The predicted octanol–water partition coefficient (Wildman–Crippen LogP) is 3.91. The van der Waals surface area contributed by atoms with E-state index in [9.17, 15) is 17.6 Å². The summed E-state index contributed by atoms with van der Waals surface area (Å²) in [5.74, 6) is 0. The molecule has 0 saturated heterocycles. The molecule has 0 fully saturated rings. The maximum absolute atomic E-state index is 13.7. The van der Waals surface area contributed by atoms with Crippen molar-refractivity contribution in [2.24, 2.45) is 0 Å². The van der Waals surface area contributed by atoms with Crippen LogP contribution in [-0.4, -0.2) is 26.8 Å². The second kappa shape index (κ2) is 4.82. The molecule has 0 spiro atoms. The SMILES string of the molecule is CC[Si](CC)(CC)C(F)(F)C(F)(F)OC. The zero-order valence-corrected chi connectivity index (χ0v) is 10.5. The van der Waals surface area contributed by atoms with Gasteiger partial charge in [0, 0.05) is 7.11 Å². The Balaban J connectivity index is 5.29. The minimum atomic E-state index is -4.35. The van der Waals surface area contributed by atoms with Gasteiger partial charge in [-0.1, -0.05) is 38.9 Å². The Morgan fingerprint density at radius 1 is 0.933 bits per heavy atom. The molecule has 0 atom stereocenters. The maximum Gasteiger partial charge on any atom is 0.414 e. The van der Waals surface area contributed by atoms with Crippen LogP contribution >= 0.6 is 0 Å². The monoisotopic (exact) mass is 246 g/mol. The average molecular weight is 246 g/mol. The number of alkyl halides is 4. The quantitative estimate of drug-likeness (QED) is 0.510. The Labute approximate surface area is 88.8 Å². The van der Waals surface area contributed by atoms with Gasteiger partial charge < -0.3 is 4.74 Å². The van der Waals surface area contributed by atoms with Crippen LogP contribution in [0.4, 0.5) is 17.6 Å². The van der Waals surface area contributed by atoms with Gasteiger partial charge in [-0.15, -0.1) is 0 Å². The van der Waals surface area contributed by atoms with Crippen molar-refractivity contribution in [3.63, 3.8) is 0 Å². The first-order chi connectivity index (χ1) is 6.74. The van der Waals surface area contributed by atoms with Crippen LogP contribution in [0.5, 0.6) is 0 Å². The summed E-state index contributed by atoms with van der Waals surface area (Å²) >= 11 is 0. The minimum absolute atomic E-state index is 0.131. The third kappa shape index (κ3) is 2.20. The summed E-state index contributed by atoms with van der Waals surface area (Å²) in [6.45, 7) is 4.66. The van der Waals surface area contributed by atoms with Gasteiger partial charge in [0.15, 0.2) is 8.07 Å². The first-order valence-corrected chi connectivity index (χ1v) is 7.67. The highest BCUT2D eigenvalue weighted by molar-refractivity contribution is 6.82. The topological polar surface area (TPSA) is 9.23 Å². The molecule has 15 heavy (non-hydrogen) atoms. The van der Waals surface area contributed by atoms with Crippen molar-refractivity contribution in [1.82, 2.24) is 0 Å². The largest absolute Gasteiger partial charge is 0.414 e. The van der Waals surface area contributed by atoms with Crippen molar-refractivity contribution in [3.05, 3.63) is 0 Å². The van der Waals surface area contributed by atoms with Crippen LogP contribution in [0, 0.1) is 0 Å². The van der Waals surface area contributed by atoms with Crippen LogP contribution in [-0.2, 0) is 4.74 Å². The summed E-state index contributed by atoms with van der Waals surface area (Å²) in [5, 5.41) is 0. The fourth-order valence-electron chi connectivity index (χ4n) is 1.85. The molecule has 0 aromatic carbocycles. The van der Waals surface area contributed by atoms with Gasteiger partial charge in [0.25, 0.3) is 0 Å². The summed E-state index contributed by atoms with van der Waals surface area (Å²) < 4.78 is 57.2. The molecule has 0 aromatic heterocycles. The Bertz CT molecular complexity index is 196. The molecule has 0 N–H and O–H groups in total. The lowest BCUT2D eigenvalue weighted by atomic mass is 10.6. The second-order valence-corrected chi connectivity index (χ2v) is 8.95. The van der Waals surface area contributed by atoms with Gasteiger partial charge in [0.1, 0.15) is 0 Å². The van der Waals surface area contributed by atoms with Crippen molar-refractivity contribution < 1.29 is 22.3 Å². The number of methoxy groups -OCH3 is 1. The molecule has 0 heterocycles. The molecule has 0 aromatic rings. The Morgan fingerprint density at radius 3 is 1.47 bits per heavy atom. The molecule has 0 bridgehead atoms. The van der Waals surface area contributed by atoms with Crippen LogP contribution in [0.25, 0.3) is 0 Å². The zero-order valence-electron chi connectivity index (χ0n) is 9.54. The smallest absolute Gasteiger partial charge is 0.319 e. The summed E-state index contributed by atoms with van der Waals surface area (Å²) in [5.41, 5.74) is -4.01. The van der Waals surface area contributed by atoms with Crippen molar-refractivity contribution in [1.29, 1.82) is 0 Å². The van der Waals surface area contributed by atoms with E-state index in [4.69, 9.17) is 0 Å². The zero-order chi connectivity index (χ0) is 12.3. The Kier molecular flexibility index (Phi) is 4.79. The van der Waals surface area contributed by atoms with Crippen molar-refractivity contribution in [3.8, 4) is 0 Å². The highest BCUT2D eigenvalue weighted by Gasteiger charge is 2.68. The van der Waals surface area contributed by atoms with Gasteiger partial charge in [0.2, 0.25) is 0 Å². The fraction of sp³-hybridized carbons (Fsp3) is 1.00. The van der Waals surface area contributed by atoms with Gasteiger partial charge in [-0.2, -0.15) is 8.78 Å². The number of hydrogen-bond donors (Lipinski definition) is 0. The Morgan fingerprint density at radius 2 is 1.27 bits per heavy atom. The first kappa shape index (κ1) is 14.9. The van der Waals surface area contributed by atoms with Crippen LogP contribution < -0.4 is 0 Å². The van der Waals surface area contributed by atoms with E-state index in [2.05, 4.69) is 4.74 Å². The van der Waals surface area contributed by atoms with E-state index in [1.807, 2.05) is 0 Å². The third-order valence-electron chi connectivity index (χ3n) is 3.32. The third-order valence-corrected chi connectivity index (χ3v) is 9.00. The van der Waals surface area contributed by atoms with E-state index >= 15 is 0 Å². The molecule has 0 aliphatic heterocycles. The molecule has 0 saturated carbocycles. The normalized spacial score (nSPS) is 14.4. The van der Waals surface area contributed by atoms with Gasteiger partial charge in [-0.3, -0.25) is 0 Å². The Hall–Kier alpha value is -0.103. The maximum atomic E-state index is 13.7. The van der Waals surface area contributed by atoms with E-state index in [0.29, 0.717) is 7.11 Å². The molecular weight excluding hydrogens is 228 g/mol. The summed E-state index contributed by atoms with van der Waals surface area (Å²) in [7, 11) is -2.69. The summed E-state index contributed by atoms with van der Waals surface area (Å²) in [6, 6.07) is 0.393. The summed E-state index contributed by atoms with van der Waals surface area (Å²) in [4.78, 5) is 0. The predicted molar refractivity (Wildman–Crippen MR) is 54.1 cm³/mol. The highest BCUT2D eigenvalue weighted by atomic mass is 28.3. The van der Waals surface area contributed by atoms with E-state index in [-0.39, 0.29) is 18.1 Å². The summed E-state index contributed by atoms with van der Waals surface area (Å²) in [6.07, 6.45) is -4.35. The van der Waals surface area contributed by atoms with Gasteiger partial charge in [-0.05, 0) is 0 Å². The lowest BCUT2D eigenvalue weighted by Crippen LogP contribution is -2.62. The van der Waals surface area contributed by atoms with Gasteiger partial charge >= 0.3 is 11.7 Å². The van der Waals surface area contributed by atoms with Crippen LogP contribution in [0.2, 0.25) is 18.1 Å². The molecule has 0 rings (SSSR count). The first-order valence-electron chi connectivity index (χ1n) is 5.05. The number of hydrogen-bond acceptors (Lipinski definition) is 1. The highest BCUT2D eigenvalue weighted by Crippen LogP contribution is 2.46. The molecule has 0 unspecified atom stereocenters. The standard InChI is InChI=1S/C9H18F4OSi/c1-5-15(6-2,7-3)9(12,13)8(10,11)14-4/h5-7H2,1-4H3. The molecule has 92 valence electrons. The number of halogens is 4. The van der Waals surface area contributed by atoms with E-state index in [0.717, 1.165) is 0 Å². The van der Waals surface area contributed by atoms with Crippen molar-refractivity contribution in [2.45, 2.75) is 50.6 Å². The molecule has 0 amide bonds. The van der Waals surface area contributed by atoms with Gasteiger partial charge in [0.05, 0.1) is 0 Å². The van der Waals surface area contributed by atoms with E-state index in [1.54, 1.807) is 20.8 Å². The number of ether oxygens (including phenoxy) is 1. The van der Waals surface area contributed by atoms with Crippen molar-refractivity contribution >= 4 is 8.07 Å². The fourth-order valence-corrected chi connectivity index (χ4v) is 5.40. The lowest BCUT2D eigenvalue weighted by molar-refractivity contribution is -0.310. The minimum Gasteiger partial charge on any atom is -0.319 e.